The summed E-state index contributed by atoms with van der Waals surface area (Å²) in [5.41, 5.74) is 3.07. The lowest BCUT2D eigenvalue weighted by Gasteiger charge is -2.25. The highest BCUT2D eigenvalue weighted by Crippen LogP contribution is 2.30. The van der Waals surface area contributed by atoms with Crippen LogP contribution in [0, 0.1) is 12.8 Å². The van der Waals surface area contributed by atoms with Gasteiger partial charge in [0.1, 0.15) is 11.5 Å². The Labute approximate surface area is 153 Å². The van der Waals surface area contributed by atoms with Crippen LogP contribution in [0.3, 0.4) is 0 Å². The molecule has 24 heavy (non-hydrogen) atoms. The van der Waals surface area contributed by atoms with E-state index < -0.39 is 0 Å². The summed E-state index contributed by atoms with van der Waals surface area (Å²) in [7, 11) is 3.36. The van der Waals surface area contributed by atoms with Gasteiger partial charge in [-0.25, -0.2) is 0 Å². The van der Waals surface area contributed by atoms with E-state index in [0.717, 1.165) is 39.4 Å². The topological polar surface area (TPSA) is 21.7 Å². The van der Waals surface area contributed by atoms with Gasteiger partial charge in [-0.15, -0.1) is 0 Å². The molecule has 4 heteroatoms. The first kappa shape index (κ1) is 18.4. The fourth-order valence-corrected chi connectivity index (χ4v) is 2.96. The number of methoxy groups -OCH3 is 2. The summed E-state index contributed by atoms with van der Waals surface area (Å²) in [6.45, 7) is 9.14. The summed E-state index contributed by atoms with van der Waals surface area (Å²) in [6, 6.07) is 4.06. The molecule has 1 aromatic rings. The second-order valence-corrected chi connectivity index (χ2v) is 6.79. The van der Waals surface area contributed by atoms with Gasteiger partial charge in [0.15, 0.2) is 0 Å². The third-order valence-corrected chi connectivity index (χ3v) is 4.46. The van der Waals surface area contributed by atoms with Gasteiger partial charge in [0, 0.05) is 28.5 Å². The molecule has 0 bridgehead atoms. The van der Waals surface area contributed by atoms with Gasteiger partial charge in [0.2, 0.25) is 0 Å². The van der Waals surface area contributed by atoms with Gasteiger partial charge < -0.3 is 14.4 Å². The SMILES string of the molecule is C=C1C=C(Br)C=CN1C[C@@H](C)/C=C/c1cc(OC)c(C)c(OC)c1. The molecule has 0 radical (unpaired) electrons. The Kier molecular flexibility index (Phi) is 6.32. The van der Waals surface area contributed by atoms with Crippen molar-refractivity contribution in [2.45, 2.75) is 13.8 Å². The summed E-state index contributed by atoms with van der Waals surface area (Å²) < 4.78 is 11.9. The average molecular weight is 390 g/mol. The van der Waals surface area contributed by atoms with Crippen LogP contribution in [-0.2, 0) is 0 Å². The number of rotatable bonds is 6. The average Bonchev–Trinajstić information content (AvgIpc) is 2.56. The van der Waals surface area contributed by atoms with Crippen LogP contribution in [0.25, 0.3) is 6.08 Å². The fourth-order valence-electron chi connectivity index (χ4n) is 2.57. The molecule has 1 aromatic carbocycles. The standard InChI is InChI=1S/C20H24BrNO2/c1-14(13-22-9-8-18(21)10-15(22)2)6-7-17-11-19(23-4)16(3)20(12-17)24-5/h6-12,14H,2,13H2,1,3-5H3/b7-6+/t14-/m0/s1. The largest absolute Gasteiger partial charge is 0.496 e. The molecule has 128 valence electrons. The van der Waals surface area contributed by atoms with E-state index in [-0.39, 0.29) is 0 Å². The molecule has 2 rings (SSSR count). The second kappa shape index (κ2) is 8.25. The smallest absolute Gasteiger partial charge is 0.126 e. The molecule has 0 saturated heterocycles. The highest BCUT2D eigenvalue weighted by Gasteiger charge is 2.11. The molecular formula is C20H24BrNO2. The zero-order valence-corrected chi connectivity index (χ0v) is 16.3. The van der Waals surface area contributed by atoms with Crippen LogP contribution in [0.5, 0.6) is 11.5 Å². The highest BCUT2D eigenvalue weighted by molar-refractivity contribution is 9.11. The molecule has 1 heterocycles. The Morgan fingerprint density at radius 2 is 1.88 bits per heavy atom. The summed E-state index contributed by atoms with van der Waals surface area (Å²) in [6.07, 6.45) is 10.4. The predicted octanol–water partition coefficient (Wildman–Crippen LogP) is 5.28. The van der Waals surface area contributed by atoms with Crippen molar-refractivity contribution in [3.05, 3.63) is 64.4 Å². The maximum absolute atomic E-state index is 5.43. The minimum atomic E-state index is 0.370. The van der Waals surface area contributed by atoms with E-state index in [0.29, 0.717) is 5.92 Å². The van der Waals surface area contributed by atoms with Crippen LogP contribution in [0.1, 0.15) is 18.1 Å². The molecule has 0 aromatic heterocycles. The monoisotopic (exact) mass is 389 g/mol. The molecular weight excluding hydrogens is 366 g/mol. The van der Waals surface area contributed by atoms with E-state index in [1.165, 1.54) is 0 Å². The number of hydrogen-bond donors (Lipinski definition) is 0. The first-order chi connectivity index (χ1) is 11.4. The number of ether oxygens (including phenoxy) is 2. The lowest BCUT2D eigenvalue weighted by molar-refractivity contribution is 0.388. The zero-order chi connectivity index (χ0) is 17.7. The molecule has 3 nitrogen and oxygen atoms in total. The molecule has 0 spiro atoms. The third kappa shape index (κ3) is 4.54. The first-order valence-corrected chi connectivity index (χ1v) is 8.65. The molecule has 1 aliphatic rings. The minimum Gasteiger partial charge on any atom is -0.496 e. The fraction of sp³-hybridized carbons (Fsp3) is 0.300. The first-order valence-electron chi connectivity index (χ1n) is 7.86. The van der Waals surface area contributed by atoms with Crippen LogP contribution in [-0.4, -0.2) is 25.7 Å². The number of hydrogen-bond acceptors (Lipinski definition) is 3. The molecule has 0 aliphatic carbocycles. The quantitative estimate of drug-likeness (QED) is 0.660. The van der Waals surface area contributed by atoms with Crippen molar-refractivity contribution in [2.75, 3.05) is 20.8 Å². The van der Waals surface area contributed by atoms with E-state index in [1.807, 2.05) is 31.2 Å². The summed E-state index contributed by atoms with van der Waals surface area (Å²) in [5, 5.41) is 0. The molecule has 1 atom stereocenters. The van der Waals surface area contributed by atoms with E-state index >= 15 is 0 Å². The number of allylic oxidation sites excluding steroid dienone is 3. The van der Waals surface area contributed by atoms with Gasteiger partial charge in [-0.3, -0.25) is 0 Å². The minimum absolute atomic E-state index is 0.370. The lowest BCUT2D eigenvalue weighted by atomic mass is 10.1. The number of halogens is 1. The maximum Gasteiger partial charge on any atom is 0.126 e. The van der Waals surface area contributed by atoms with Crippen LogP contribution in [0.15, 0.2) is 53.3 Å². The van der Waals surface area contributed by atoms with Crippen molar-refractivity contribution in [3.8, 4) is 11.5 Å². The second-order valence-electron chi connectivity index (χ2n) is 5.88. The summed E-state index contributed by atoms with van der Waals surface area (Å²) >= 11 is 3.47. The van der Waals surface area contributed by atoms with Crippen LogP contribution in [0.2, 0.25) is 0 Å². The lowest BCUT2D eigenvalue weighted by Crippen LogP contribution is -2.22. The van der Waals surface area contributed by atoms with Crippen molar-refractivity contribution in [1.82, 2.24) is 4.90 Å². The maximum atomic E-state index is 5.43. The Hall–Kier alpha value is -1.94. The van der Waals surface area contributed by atoms with Gasteiger partial charge in [0.25, 0.3) is 0 Å². The van der Waals surface area contributed by atoms with Crippen molar-refractivity contribution >= 4 is 22.0 Å². The predicted molar refractivity (Wildman–Crippen MR) is 104 cm³/mol. The highest BCUT2D eigenvalue weighted by atomic mass is 79.9. The van der Waals surface area contributed by atoms with Gasteiger partial charge in [-0.1, -0.05) is 41.6 Å². The Balaban J connectivity index is 2.08. The number of nitrogens with zero attached hydrogens (tertiary/aromatic N) is 1. The van der Waals surface area contributed by atoms with E-state index in [2.05, 4.69) is 52.7 Å². The van der Waals surface area contributed by atoms with E-state index in [9.17, 15) is 0 Å². The van der Waals surface area contributed by atoms with Crippen molar-refractivity contribution in [3.63, 3.8) is 0 Å². The van der Waals surface area contributed by atoms with Crippen molar-refractivity contribution in [2.24, 2.45) is 5.92 Å². The number of benzene rings is 1. The zero-order valence-electron chi connectivity index (χ0n) is 14.7. The van der Waals surface area contributed by atoms with Gasteiger partial charge in [-0.05, 0) is 42.7 Å². The van der Waals surface area contributed by atoms with Crippen LogP contribution in [0.4, 0.5) is 0 Å². The molecule has 1 aliphatic heterocycles. The van der Waals surface area contributed by atoms with Crippen LogP contribution < -0.4 is 9.47 Å². The summed E-state index contributed by atoms with van der Waals surface area (Å²) in [4.78, 5) is 2.15. The third-order valence-electron chi connectivity index (χ3n) is 3.96. The molecule has 0 saturated carbocycles. The van der Waals surface area contributed by atoms with Gasteiger partial charge in [0.05, 0.1) is 14.2 Å². The Morgan fingerprint density at radius 3 is 2.42 bits per heavy atom. The Bertz CT molecular complexity index is 679. The summed E-state index contributed by atoms with van der Waals surface area (Å²) in [5.74, 6) is 2.04. The molecule has 0 fully saturated rings. The molecule has 0 N–H and O–H groups in total. The van der Waals surface area contributed by atoms with Gasteiger partial charge >= 0.3 is 0 Å². The van der Waals surface area contributed by atoms with E-state index in [4.69, 9.17) is 9.47 Å². The Morgan fingerprint density at radius 1 is 1.25 bits per heavy atom. The molecule has 0 unspecified atom stereocenters. The van der Waals surface area contributed by atoms with Crippen molar-refractivity contribution in [1.29, 1.82) is 0 Å². The van der Waals surface area contributed by atoms with E-state index in [1.54, 1.807) is 14.2 Å². The molecule has 0 amide bonds. The van der Waals surface area contributed by atoms with Crippen LogP contribution >= 0.6 is 15.9 Å². The normalized spacial score (nSPS) is 15.6. The van der Waals surface area contributed by atoms with Crippen molar-refractivity contribution < 1.29 is 9.47 Å². The van der Waals surface area contributed by atoms with Gasteiger partial charge in [-0.2, -0.15) is 0 Å².